The summed E-state index contributed by atoms with van der Waals surface area (Å²) in [7, 11) is 0. The van der Waals surface area contributed by atoms with E-state index >= 15 is 0 Å². The molecule has 0 spiro atoms. The van der Waals surface area contributed by atoms with E-state index in [1.807, 2.05) is 0 Å². The van der Waals surface area contributed by atoms with Gasteiger partial charge in [0.1, 0.15) is 17.7 Å². The van der Waals surface area contributed by atoms with Crippen LogP contribution in [0.25, 0.3) is 0 Å². The van der Waals surface area contributed by atoms with Crippen molar-refractivity contribution in [2.75, 3.05) is 5.73 Å². The van der Waals surface area contributed by atoms with Gasteiger partial charge in [-0.15, -0.1) is 0 Å². The highest BCUT2D eigenvalue weighted by Gasteiger charge is 2.17. The molecule has 2 heterocycles. The van der Waals surface area contributed by atoms with E-state index in [-0.39, 0.29) is 5.82 Å². The van der Waals surface area contributed by atoms with Gasteiger partial charge in [0.2, 0.25) is 0 Å². The Labute approximate surface area is 91.3 Å². The summed E-state index contributed by atoms with van der Waals surface area (Å²) in [5, 5.41) is 10.3. The van der Waals surface area contributed by atoms with Crippen molar-refractivity contribution in [2.45, 2.75) is 6.10 Å². The molecule has 0 saturated carbocycles. The molecule has 0 aliphatic carbocycles. The highest BCUT2D eigenvalue weighted by atomic mass is 35.5. The molecule has 1 unspecified atom stereocenters. The molecule has 0 fully saturated rings. The Morgan fingerprint density at radius 1 is 1.53 bits per heavy atom. The van der Waals surface area contributed by atoms with Gasteiger partial charge in [-0.2, -0.15) is 0 Å². The average molecular weight is 225 g/mol. The molecule has 4 nitrogen and oxygen atoms in total. The summed E-state index contributed by atoms with van der Waals surface area (Å²) in [6.07, 6.45) is 1.97. The molecule has 1 atom stereocenters. The number of anilines is 1. The molecule has 2 aromatic heterocycles. The third kappa shape index (κ3) is 1.95. The van der Waals surface area contributed by atoms with Gasteiger partial charge in [0.25, 0.3) is 0 Å². The number of halogens is 1. The molecule has 78 valence electrons. The number of nitrogens with zero attached hydrogens (tertiary/aromatic N) is 1. The van der Waals surface area contributed by atoms with Crippen LogP contribution in [-0.4, -0.2) is 10.1 Å². The first kappa shape index (κ1) is 10.0. The maximum atomic E-state index is 9.91. The second-order valence-corrected chi connectivity index (χ2v) is 3.48. The minimum atomic E-state index is -0.939. The Balaban J connectivity index is 2.41. The van der Waals surface area contributed by atoms with Crippen LogP contribution in [0.2, 0.25) is 5.02 Å². The summed E-state index contributed by atoms with van der Waals surface area (Å²) in [5.41, 5.74) is 6.07. The highest BCUT2D eigenvalue weighted by Crippen LogP contribution is 2.27. The molecule has 0 aromatic carbocycles. The fraction of sp³-hybridized carbons (Fsp3) is 0.100. The van der Waals surface area contributed by atoms with E-state index in [0.29, 0.717) is 16.3 Å². The van der Waals surface area contributed by atoms with Crippen molar-refractivity contribution in [3.8, 4) is 0 Å². The van der Waals surface area contributed by atoms with E-state index in [0.717, 1.165) is 0 Å². The van der Waals surface area contributed by atoms with Gasteiger partial charge in [-0.3, -0.25) is 0 Å². The fourth-order valence-corrected chi connectivity index (χ4v) is 1.45. The van der Waals surface area contributed by atoms with Crippen molar-refractivity contribution < 1.29 is 9.52 Å². The predicted octanol–water partition coefficient (Wildman–Crippen LogP) is 1.99. The summed E-state index contributed by atoms with van der Waals surface area (Å²) in [6, 6.07) is 4.91. The normalized spacial score (nSPS) is 12.7. The van der Waals surface area contributed by atoms with E-state index in [1.165, 1.54) is 12.5 Å². The third-order valence-corrected chi connectivity index (χ3v) is 2.23. The second-order valence-electron chi connectivity index (χ2n) is 3.05. The summed E-state index contributed by atoms with van der Waals surface area (Å²) >= 11 is 5.76. The van der Waals surface area contributed by atoms with Gasteiger partial charge in [0.05, 0.1) is 11.3 Å². The van der Waals surface area contributed by atoms with E-state index < -0.39 is 6.10 Å². The monoisotopic (exact) mass is 224 g/mol. The number of aromatic nitrogens is 1. The van der Waals surface area contributed by atoms with Gasteiger partial charge in [-0.05, 0) is 18.2 Å². The molecule has 0 radical (unpaired) electrons. The van der Waals surface area contributed by atoms with E-state index in [9.17, 15) is 5.11 Å². The maximum Gasteiger partial charge on any atom is 0.140 e. The molecule has 0 aliphatic heterocycles. The summed E-state index contributed by atoms with van der Waals surface area (Å²) in [4.78, 5) is 3.85. The van der Waals surface area contributed by atoms with Crippen LogP contribution < -0.4 is 5.73 Å². The molecule has 2 aromatic rings. The fourth-order valence-electron chi connectivity index (χ4n) is 1.28. The van der Waals surface area contributed by atoms with E-state index in [1.54, 1.807) is 18.2 Å². The van der Waals surface area contributed by atoms with E-state index in [4.69, 9.17) is 21.8 Å². The number of nitrogen functional groups attached to an aromatic ring is 1. The number of aliphatic hydroxyl groups excluding tert-OH is 1. The van der Waals surface area contributed by atoms with Crippen LogP contribution in [0.15, 0.2) is 35.1 Å². The minimum Gasteiger partial charge on any atom is -0.466 e. The number of furan rings is 1. The second kappa shape index (κ2) is 3.92. The Hall–Kier alpha value is -1.52. The molecule has 0 bridgehead atoms. The van der Waals surface area contributed by atoms with Crippen LogP contribution in [0.5, 0.6) is 0 Å². The number of aliphatic hydroxyl groups is 1. The van der Waals surface area contributed by atoms with Gasteiger partial charge in [-0.25, -0.2) is 4.98 Å². The minimum absolute atomic E-state index is 0.239. The Morgan fingerprint density at radius 2 is 2.33 bits per heavy atom. The lowest BCUT2D eigenvalue weighted by Crippen LogP contribution is -2.04. The van der Waals surface area contributed by atoms with Crippen molar-refractivity contribution in [3.63, 3.8) is 0 Å². The van der Waals surface area contributed by atoms with Crippen LogP contribution in [-0.2, 0) is 0 Å². The van der Waals surface area contributed by atoms with Crippen LogP contribution in [0, 0.1) is 0 Å². The number of hydrogen-bond acceptors (Lipinski definition) is 4. The smallest absolute Gasteiger partial charge is 0.140 e. The largest absolute Gasteiger partial charge is 0.466 e. The molecule has 0 saturated heterocycles. The molecule has 0 aliphatic rings. The standard InChI is InChI=1S/C10H9ClN2O2/c11-6-4-7(10(12)13-5-6)9(14)8-2-1-3-15-8/h1-5,9,14H,(H2,12,13). The summed E-state index contributed by atoms with van der Waals surface area (Å²) in [6.45, 7) is 0. The lowest BCUT2D eigenvalue weighted by molar-refractivity contribution is 0.190. The van der Waals surface area contributed by atoms with Gasteiger partial charge < -0.3 is 15.3 Å². The van der Waals surface area contributed by atoms with E-state index in [2.05, 4.69) is 4.98 Å². The average Bonchev–Trinajstić information content (AvgIpc) is 2.74. The SMILES string of the molecule is Nc1ncc(Cl)cc1C(O)c1ccco1. The van der Waals surface area contributed by atoms with Gasteiger partial charge in [-0.1, -0.05) is 11.6 Å². The summed E-state index contributed by atoms with van der Waals surface area (Å²) < 4.78 is 5.07. The van der Waals surface area contributed by atoms with Gasteiger partial charge >= 0.3 is 0 Å². The van der Waals surface area contributed by atoms with Gasteiger partial charge in [0, 0.05) is 11.8 Å². The van der Waals surface area contributed by atoms with Gasteiger partial charge in [0.15, 0.2) is 0 Å². The van der Waals surface area contributed by atoms with Crippen LogP contribution in [0.1, 0.15) is 17.4 Å². The first-order valence-electron chi connectivity index (χ1n) is 4.31. The first-order chi connectivity index (χ1) is 7.18. The lowest BCUT2D eigenvalue weighted by atomic mass is 10.1. The third-order valence-electron chi connectivity index (χ3n) is 2.02. The molecule has 2 rings (SSSR count). The van der Waals surface area contributed by atoms with Crippen molar-refractivity contribution in [3.05, 3.63) is 47.0 Å². The number of pyridine rings is 1. The molecular formula is C10H9ClN2O2. The molecule has 3 N–H and O–H groups in total. The van der Waals surface area contributed by atoms with Crippen LogP contribution >= 0.6 is 11.6 Å². The van der Waals surface area contributed by atoms with Crippen molar-refractivity contribution >= 4 is 17.4 Å². The molecule has 15 heavy (non-hydrogen) atoms. The number of hydrogen-bond donors (Lipinski definition) is 2. The topological polar surface area (TPSA) is 72.3 Å². The number of rotatable bonds is 2. The Bertz CT molecular complexity index is 456. The first-order valence-corrected chi connectivity index (χ1v) is 4.68. The maximum absolute atomic E-state index is 9.91. The lowest BCUT2D eigenvalue weighted by Gasteiger charge is -2.10. The Kier molecular flexibility index (Phi) is 2.62. The number of nitrogens with two attached hydrogens (primary N) is 1. The zero-order chi connectivity index (χ0) is 10.8. The molecule has 0 amide bonds. The van der Waals surface area contributed by atoms with Crippen molar-refractivity contribution in [1.82, 2.24) is 4.98 Å². The zero-order valence-electron chi connectivity index (χ0n) is 7.72. The van der Waals surface area contributed by atoms with Crippen LogP contribution in [0.3, 0.4) is 0 Å². The zero-order valence-corrected chi connectivity index (χ0v) is 8.48. The van der Waals surface area contributed by atoms with Crippen LogP contribution in [0.4, 0.5) is 5.82 Å². The molecular weight excluding hydrogens is 216 g/mol. The quantitative estimate of drug-likeness (QED) is 0.818. The van der Waals surface area contributed by atoms with Crippen molar-refractivity contribution in [2.24, 2.45) is 0 Å². The molecule has 5 heteroatoms. The predicted molar refractivity (Wildman–Crippen MR) is 56.4 cm³/mol. The highest BCUT2D eigenvalue weighted by molar-refractivity contribution is 6.30. The van der Waals surface area contributed by atoms with Crippen molar-refractivity contribution in [1.29, 1.82) is 0 Å². The summed E-state index contributed by atoms with van der Waals surface area (Å²) in [5.74, 6) is 0.647. The Morgan fingerprint density at radius 3 is 3.00 bits per heavy atom.